The second-order valence-corrected chi connectivity index (χ2v) is 8.71. The summed E-state index contributed by atoms with van der Waals surface area (Å²) in [6.07, 6.45) is 0. The van der Waals surface area contributed by atoms with Gasteiger partial charge in [-0.15, -0.1) is 11.3 Å². The molecular weight excluding hydrogens is 402 g/mol. The Balaban J connectivity index is 1.72. The smallest absolute Gasteiger partial charge is 0.318 e. The van der Waals surface area contributed by atoms with Crippen LogP contribution in [0, 0.1) is 0 Å². The van der Waals surface area contributed by atoms with E-state index in [9.17, 15) is 9.59 Å². The molecular formula is C23H17NO3S2. The molecule has 4 aromatic rings. The van der Waals surface area contributed by atoms with Gasteiger partial charge in [-0.3, -0.25) is 4.79 Å². The normalized spacial score (nSPS) is 11.7. The number of carbonyl (C=O) groups is 2. The van der Waals surface area contributed by atoms with Crippen molar-refractivity contribution in [3.63, 3.8) is 0 Å². The quantitative estimate of drug-likeness (QED) is 0.164. The zero-order chi connectivity index (χ0) is 20.4. The fourth-order valence-corrected chi connectivity index (χ4v) is 4.91. The van der Waals surface area contributed by atoms with Crippen LogP contribution in [0.15, 0.2) is 81.7 Å². The average molecular weight is 420 g/mol. The predicted octanol–water partition coefficient (Wildman–Crippen LogP) is 6.33. The molecule has 0 saturated carbocycles. The first-order valence-corrected chi connectivity index (χ1v) is 10.6. The van der Waals surface area contributed by atoms with Crippen LogP contribution >= 0.6 is 23.1 Å². The predicted molar refractivity (Wildman–Crippen MR) is 119 cm³/mol. The van der Waals surface area contributed by atoms with Crippen molar-refractivity contribution in [3.05, 3.63) is 72.3 Å². The van der Waals surface area contributed by atoms with Crippen LogP contribution in [-0.2, 0) is 9.63 Å². The van der Waals surface area contributed by atoms with Crippen molar-refractivity contribution in [1.82, 2.24) is 0 Å². The molecule has 0 saturated heterocycles. The molecule has 0 fully saturated rings. The molecule has 0 unspecified atom stereocenters. The first-order chi connectivity index (χ1) is 14.0. The van der Waals surface area contributed by atoms with Crippen molar-refractivity contribution in [1.29, 1.82) is 0 Å². The summed E-state index contributed by atoms with van der Waals surface area (Å²) in [6, 6.07) is 22.3. The fourth-order valence-electron chi connectivity index (χ4n) is 2.97. The lowest BCUT2D eigenvalue weighted by Gasteiger charge is -2.03. The van der Waals surface area contributed by atoms with E-state index >= 15 is 0 Å². The molecule has 1 heterocycles. The van der Waals surface area contributed by atoms with Gasteiger partial charge in [-0.2, -0.15) is 0 Å². The summed E-state index contributed by atoms with van der Waals surface area (Å²) < 4.78 is 2.29. The van der Waals surface area contributed by atoms with E-state index in [0.29, 0.717) is 5.56 Å². The monoisotopic (exact) mass is 419 g/mol. The molecule has 0 radical (unpaired) electrons. The summed E-state index contributed by atoms with van der Waals surface area (Å²) >= 11 is 3.41. The van der Waals surface area contributed by atoms with Crippen LogP contribution in [0.25, 0.3) is 20.2 Å². The molecule has 0 N–H and O–H groups in total. The van der Waals surface area contributed by atoms with Crippen LogP contribution in [0.1, 0.15) is 24.2 Å². The molecule has 0 aliphatic heterocycles. The third kappa shape index (κ3) is 4.23. The molecule has 29 heavy (non-hydrogen) atoms. The highest BCUT2D eigenvalue weighted by atomic mass is 32.2. The highest BCUT2D eigenvalue weighted by Crippen LogP contribution is 2.38. The lowest BCUT2D eigenvalue weighted by molar-refractivity contribution is -0.140. The van der Waals surface area contributed by atoms with E-state index in [1.165, 1.54) is 23.4 Å². The van der Waals surface area contributed by atoms with Crippen molar-refractivity contribution in [2.45, 2.75) is 23.6 Å². The SMILES string of the molecule is CC(=O)ON=C(C)C(=O)c1ccc2sc3ccc(Sc4ccccc4)cc3c2c1. The minimum Gasteiger partial charge on any atom is -0.318 e. The summed E-state index contributed by atoms with van der Waals surface area (Å²) in [7, 11) is 0. The Bertz CT molecular complexity index is 1260. The van der Waals surface area contributed by atoms with Gasteiger partial charge in [0.2, 0.25) is 5.78 Å². The Hall–Kier alpha value is -2.96. The minimum absolute atomic E-state index is 0.138. The maximum atomic E-state index is 12.6. The van der Waals surface area contributed by atoms with Crippen LogP contribution in [0.3, 0.4) is 0 Å². The Morgan fingerprint density at radius 1 is 0.862 bits per heavy atom. The summed E-state index contributed by atoms with van der Waals surface area (Å²) in [4.78, 5) is 30.5. The van der Waals surface area contributed by atoms with E-state index in [4.69, 9.17) is 0 Å². The number of hydrogen-bond donors (Lipinski definition) is 0. The molecule has 6 heteroatoms. The van der Waals surface area contributed by atoms with Gasteiger partial charge in [0, 0.05) is 42.5 Å². The summed E-state index contributed by atoms with van der Waals surface area (Å²) in [5.41, 5.74) is 0.658. The van der Waals surface area contributed by atoms with Crippen LogP contribution in [0.4, 0.5) is 0 Å². The van der Waals surface area contributed by atoms with E-state index in [1.807, 2.05) is 30.3 Å². The molecule has 1 aromatic heterocycles. The molecule has 3 aromatic carbocycles. The zero-order valence-corrected chi connectivity index (χ0v) is 17.5. The number of rotatable bonds is 5. The summed E-state index contributed by atoms with van der Waals surface area (Å²) in [5, 5.41) is 5.76. The zero-order valence-electron chi connectivity index (χ0n) is 15.8. The number of hydrogen-bond acceptors (Lipinski definition) is 6. The lowest BCUT2D eigenvalue weighted by atomic mass is 10.0. The highest BCUT2D eigenvalue weighted by molar-refractivity contribution is 7.99. The average Bonchev–Trinajstić information content (AvgIpc) is 3.09. The second kappa shape index (κ2) is 8.19. The first-order valence-electron chi connectivity index (χ1n) is 8.97. The molecule has 0 amide bonds. The lowest BCUT2D eigenvalue weighted by Crippen LogP contribution is -2.11. The number of ketones is 1. The van der Waals surface area contributed by atoms with Gasteiger partial charge in [0.1, 0.15) is 5.71 Å². The van der Waals surface area contributed by atoms with Crippen molar-refractivity contribution >= 4 is 60.7 Å². The number of nitrogens with zero attached hydrogens (tertiary/aromatic N) is 1. The van der Waals surface area contributed by atoms with E-state index in [0.717, 1.165) is 20.4 Å². The molecule has 0 aliphatic rings. The van der Waals surface area contributed by atoms with Crippen molar-refractivity contribution in [3.8, 4) is 0 Å². The molecule has 4 rings (SSSR count). The van der Waals surface area contributed by atoms with Crippen LogP contribution < -0.4 is 0 Å². The van der Waals surface area contributed by atoms with Crippen molar-refractivity contribution in [2.75, 3.05) is 0 Å². The van der Waals surface area contributed by atoms with Gasteiger partial charge < -0.3 is 4.84 Å². The summed E-state index contributed by atoms with van der Waals surface area (Å²) in [6.45, 7) is 2.78. The number of fused-ring (bicyclic) bond motifs is 3. The van der Waals surface area contributed by atoms with Gasteiger partial charge in [-0.25, -0.2) is 4.79 Å². The third-order valence-corrected chi connectivity index (χ3v) is 6.47. The van der Waals surface area contributed by atoms with E-state index in [1.54, 1.807) is 29.2 Å². The van der Waals surface area contributed by atoms with Gasteiger partial charge in [-0.05, 0) is 55.5 Å². The number of benzene rings is 3. The van der Waals surface area contributed by atoms with Crippen LogP contribution in [-0.4, -0.2) is 17.5 Å². The number of Topliss-reactive ketones (excluding diaryl/α,β-unsaturated/α-hetero) is 1. The summed E-state index contributed by atoms with van der Waals surface area (Å²) in [5.74, 6) is -0.817. The largest absolute Gasteiger partial charge is 0.331 e. The Labute approximate surface area is 176 Å². The molecule has 0 spiro atoms. The standard InChI is InChI=1S/C23H17NO3S2/c1-14(24-27-15(2)25)23(26)16-8-10-21-19(12-16)20-13-18(9-11-22(20)29-21)28-17-6-4-3-5-7-17/h3-13H,1-2H3. The van der Waals surface area contributed by atoms with E-state index < -0.39 is 5.97 Å². The Morgan fingerprint density at radius 3 is 2.28 bits per heavy atom. The number of carbonyl (C=O) groups excluding carboxylic acids is 2. The number of thiophene rings is 1. The maximum Gasteiger partial charge on any atom is 0.331 e. The van der Waals surface area contributed by atoms with Gasteiger partial charge >= 0.3 is 5.97 Å². The molecule has 0 bridgehead atoms. The van der Waals surface area contributed by atoms with Gasteiger partial charge in [0.05, 0.1) is 0 Å². The first kappa shape index (κ1) is 19.4. The van der Waals surface area contributed by atoms with E-state index in [2.05, 4.69) is 40.3 Å². The molecule has 0 aliphatic carbocycles. The van der Waals surface area contributed by atoms with E-state index in [-0.39, 0.29) is 11.5 Å². The number of oxime groups is 1. The Morgan fingerprint density at radius 2 is 1.55 bits per heavy atom. The molecule has 0 atom stereocenters. The van der Waals surface area contributed by atoms with Gasteiger partial charge in [0.15, 0.2) is 0 Å². The van der Waals surface area contributed by atoms with Crippen LogP contribution in [0.2, 0.25) is 0 Å². The van der Waals surface area contributed by atoms with Crippen LogP contribution in [0.5, 0.6) is 0 Å². The topological polar surface area (TPSA) is 55.7 Å². The molecule has 144 valence electrons. The van der Waals surface area contributed by atoms with Gasteiger partial charge in [-0.1, -0.05) is 35.1 Å². The fraction of sp³-hybridized carbons (Fsp3) is 0.0870. The second-order valence-electron chi connectivity index (χ2n) is 6.47. The minimum atomic E-state index is -0.556. The van der Waals surface area contributed by atoms with Crippen molar-refractivity contribution in [2.24, 2.45) is 5.16 Å². The molecule has 4 nitrogen and oxygen atoms in total. The maximum absolute atomic E-state index is 12.6. The Kier molecular flexibility index (Phi) is 5.47. The highest BCUT2D eigenvalue weighted by Gasteiger charge is 2.14. The van der Waals surface area contributed by atoms with Gasteiger partial charge in [0.25, 0.3) is 0 Å². The third-order valence-electron chi connectivity index (χ3n) is 4.32. The van der Waals surface area contributed by atoms with Crippen molar-refractivity contribution < 1.29 is 14.4 Å².